The number of aliphatic hydroxyl groups excluding tert-OH is 1. The Labute approximate surface area is 366 Å². The second kappa shape index (κ2) is 42.3. The Kier molecular flexibility index (Phi) is 41.6. The Morgan fingerprint density at radius 2 is 0.915 bits per heavy atom. The predicted octanol–water partition coefficient (Wildman–Crippen LogP) is 14.5. The largest absolute Gasteiger partial charge is 0.472 e. The molecule has 0 aliphatic heterocycles. The van der Waals surface area contributed by atoms with Gasteiger partial charge in [-0.3, -0.25) is 13.8 Å². The number of aliphatic hydroxyl groups is 1. The van der Waals surface area contributed by atoms with Crippen LogP contribution in [0, 0.1) is 0 Å². The number of likely N-dealkylation sites (N-methyl/N-ethyl adjacent to an activating group) is 1. The van der Waals surface area contributed by atoms with Gasteiger partial charge in [-0.25, -0.2) is 4.57 Å². The zero-order chi connectivity index (χ0) is 43.6. The summed E-state index contributed by atoms with van der Waals surface area (Å²) < 4.78 is 23.6. The van der Waals surface area contributed by atoms with Crippen LogP contribution in [0.1, 0.15) is 239 Å². The van der Waals surface area contributed by atoms with Gasteiger partial charge in [-0.15, -0.1) is 0 Å². The van der Waals surface area contributed by atoms with Crippen molar-refractivity contribution >= 4 is 13.7 Å². The van der Waals surface area contributed by atoms with Gasteiger partial charge >= 0.3 is 7.82 Å². The summed E-state index contributed by atoms with van der Waals surface area (Å²) in [6.45, 7) is 4.83. The highest BCUT2D eigenvalue weighted by Gasteiger charge is 2.27. The molecule has 0 heterocycles. The summed E-state index contributed by atoms with van der Waals surface area (Å²) >= 11 is 0. The van der Waals surface area contributed by atoms with Gasteiger partial charge in [0.05, 0.1) is 39.9 Å². The quantitative estimate of drug-likeness (QED) is 0.0244. The zero-order valence-corrected chi connectivity index (χ0v) is 40.7. The number of carbonyl (C=O) groups excluding carboxylic acids is 1. The first-order chi connectivity index (χ1) is 28.5. The first-order valence-corrected chi connectivity index (χ1v) is 26.7. The molecular weight excluding hydrogens is 756 g/mol. The Morgan fingerprint density at radius 3 is 1.31 bits per heavy atom. The number of allylic oxidation sites excluding steroid dienone is 3. The van der Waals surface area contributed by atoms with E-state index in [-0.39, 0.29) is 19.1 Å². The Hall–Kier alpha value is -1.02. The molecule has 0 saturated carbocycles. The van der Waals surface area contributed by atoms with E-state index in [1.165, 1.54) is 180 Å². The number of carbonyl (C=O) groups is 1. The summed E-state index contributed by atoms with van der Waals surface area (Å²) in [5.74, 6) is -0.177. The van der Waals surface area contributed by atoms with Crippen LogP contribution < -0.4 is 5.32 Å². The highest BCUT2D eigenvalue weighted by Crippen LogP contribution is 2.43. The van der Waals surface area contributed by atoms with E-state index < -0.39 is 20.0 Å². The van der Waals surface area contributed by atoms with Gasteiger partial charge in [0.15, 0.2) is 0 Å². The minimum absolute atomic E-state index is 0.0625. The van der Waals surface area contributed by atoms with Gasteiger partial charge in [0.2, 0.25) is 5.91 Å². The summed E-state index contributed by atoms with van der Waals surface area (Å²) in [4.78, 5) is 23.2. The zero-order valence-electron chi connectivity index (χ0n) is 39.8. The Morgan fingerprint density at radius 1 is 0.559 bits per heavy atom. The van der Waals surface area contributed by atoms with Gasteiger partial charge in [0, 0.05) is 6.42 Å². The van der Waals surface area contributed by atoms with Crippen molar-refractivity contribution in [3.05, 3.63) is 24.3 Å². The lowest BCUT2D eigenvalue weighted by atomic mass is 10.0. The van der Waals surface area contributed by atoms with Crippen LogP contribution in [0.15, 0.2) is 24.3 Å². The normalized spacial score (nSPS) is 14.4. The molecule has 0 spiro atoms. The fourth-order valence-electron chi connectivity index (χ4n) is 7.39. The number of nitrogens with zero attached hydrogens (tertiary/aromatic N) is 1. The molecule has 0 aliphatic carbocycles. The fourth-order valence-corrected chi connectivity index (χ4v) is 8.13. The summed E-state index contributed by atoms with van der Waals surface area (Å²) in [7, 11) is 1.58. The van der Waals surface area contributed by atoms with Gasteiger partial charge in [-0.1, -0.05) is 212 Å². The molecule has 0 rings (SSSR count). The van der Waals surface area contributed by atoms with Crippen molar-refractivity contribution < 1.29 is 32.9 Å². The number of phosphoric acid groups is 1. The number of phosphoric ester groups is 1. The third-order valence-corrected chi connectivity index (χ3v) is 12.4. The second-order valence-electron chi connectivity index (χ2n) is 18.5. The maximum atomic E-state index is 12.9. The van der Waals surface area contributed by atoms with Gasteiger partial charge in [-0.05, 0) is 44.9 Å². The van der Waals surface area contributed by atoms with Crippen LogP contribution in [0.3, 0.4) is 0 Å². The summed E-state index contributed by atoms with van der Waals surface area (Å²) in [6.07, 6.45) is 51.1. The van der Waals surface area contributed by atoms with Gasteiger partial charge in [0.1, 0.15) is 13.2 Å². The van der Waals surface area contributed by atoms with Crippen LogP contribution in [0.4, 0.5) is 0 Å². The first kappa shape index (κ1) is 58.0. The van der Waals surface area contributed by atoms with E-state index in [0.29, 0.717) is 17.4 Å². The molecule has 0 fully saturated rings. The smallest absolute Gasteiger partial charge is 0.387 e. The summed E-state index contributed by atoms with van der Waals surface area (Å²) in [5, 5.41) is 13.9. The van der Waals surface area contributed by atoms with E-state index in [1.807, 2.05) is 27.2 Å². The van der Waals surface area contributed by atoms with Crippen LogP contribution in [0.25, 0.3) is 0 Å². The third-order valence-electron chi connectivity index (χ3n) is 11.4. The summed E-state index contributed by atoms with van der Waals surface area (Å²) in [6, 6.07) is -0.844. The molecule has 59 heavy (non-hydrogen) atoms. The molecule has 0 bridgehead atoms. The van der Waals surface area contributed by atoms with Crippen LogP contribution in [0.5, 0.6) is 0 Å². The molecule has 0 radical (unpaired) electrons. The lowest BCUT2D eigenvalue weighted by Crippen LogP contribution is -2.45. The molecular formula is C50H100N2O6P+. The van der Waals surface area contributed by atoms with Gasteiger partial charge < -0.3 is 19.8 Å². The fraction of sp³-hybridized carbons (Fsp3) is 0.900. The molecule has 350 valence electrons. The summed E-state index contributed by atoms with van der Waals surface area (Å²) in [5.41, 5.74) is 0. The van der Waals surface area contributed by atoms with E-state index >= 15 is 0 Å². The van der Waals surface area contributed by atoms with Crippen molar-refractivity contribution in [3.63, 3.8) is 0 Å². The van der Waals surface area contributed by atoms with Crippen molar-refractivity contribution in [2.24, 2.45) is 0 Å². The molecule has 0 saturated heterocycles. The molecule has 1 amide bonds. The van der Waals surface area contributed by atoms with E-state index in [9.17, 15) is 19.4 Å². The SMILES string of the molecule is CCCCCCCCCC/C=C\CCCCCCCCCCCC(=O)NC(COP(=O)(O)OCC[N+](C)(C)C)C(O)/C=C/CCCCCCCCCCCCCCCC. The number of amides is 1. The molecule has 0 aromatic heterocycles. The minimum Gasteiger partial charge on any atom is -0.387 e. The molecule has 0 aromatic rings. The molecule has 3 N–H and O–H groups in total. The average molecular weight is 856 g/mol. The molecule has 0 aliphatic rings. The Balaban J connectivity index is 4.30. The average Bonchev–Trinajstić information content (AvgIpc) is 3.19. The van der Waals surface area contributed by atoms with E-state index in [2.05, 4.69) is 31.3 Å². The first-order valence-electron chi connectivity index (χ1n) is 25.2. The standard InChI is InChI=1S/C50H99N2O6P/c1-6-8-10-12-14-16-18-20-22-24-25-26-27-28-30-32-34-36-38-40-42-44-50(54)51-48(47-58-59(55,56)57-46-45-52(3,4)5)49(53)43-41-39-37-35-33-31-29-23-21-19-17-15-13-11-9-7-2/h24-25,41,43,48-49,53H,6-23,26-40,42,44-47H2,1-5H3,(H-,51,54,55,56)/p+1/b25-24-,43-41+. The molecule has 8 nitrogen and oxygen atoms in total. The molecule has 3 unspecified atom stereocenters. The number of hydrogen-bond acceptors (Lipinski definition) is 5. The van der Waals surface area contributed by atoms with Crippen LogP contribution >= 0.6 is 7.82 Å². The highest BCUT2D eigenvalue weighted by atomic mass is 31.2. The maximum absolute atomic E-state index is 12.9. The van der Waals surface area contributed by atoms with Gasteiger partial charge in [-0.2, -0.15) is 0 Å². The van der Waals surface area contributed by atoms with E-state index in [1.54, 1.807) is 6.08 Å². The van der Waals surface area contributed by atoms with Crippen molar-refractivity contribution in [2.75, 3.05) is 40.9 Å². The maximum Gasteiger partial charge on any atom is 0.472 e. The van der Waals surface area contributed by atoms with Crippen LogP contribution in [-0.2, 0) is 18.4 Å². The third kappa shape index (κ3) is 44.8. The van der Waals surface area contributed by atoms with Gasteiger partial charge in [0.25, 0.3) is 0 Å². The van der Waals surface area contributed by atoms with Crippen molar-refractivity contribution in [2.45, 2.75) is 251 Å². The monoisotopic (exact) mass is 856 g/mol. The number of unbranched alkanes of at least 4 members (excludes halogenated alkanes) is 31. The molecule has 3 atom stereocenters. The predicted molar refractivity (Wildman–Crippen MR) is 254 cm³/mol. The highest BCUT2D eigenvalue weighted by molar-refractivity contribution is 7.47. The van der Waals surface area contributed by atoms with E-state index in [4.69, 9.17) is 9.05 Å². The number of nitrogens with one attached hydrogen (secondary N) is 1. The topological polar surface area (TPSA) is 105 Å². The lowest BCUT2D eigenvalue weighted by Gasteiger charge is -2.25. The van der Waals surface area contributed by atoms with Crippen LogP contribution in [-0.4, -0.2) is 73.4 Å². The van der Waals surface area contributed by atoms with Crippen molar-refractivity contribution in [3.8, 4) is 0 Å². The van der Waals surface area contributed by atoms with E-state index in [0.717, 1.165) is 38.5 Å². The van der Waals surface area contributed by atoms with Crippen LogP contribution in [0.2, 0.25) is 0 Å². The lowest BCUT2D eigenvalue weighted by molar-refractivity contribution is -0.870. The number of rotatable bonds is 46. The van der Waals surface area contributed by atoms with Crippen molar-refractivity contribution in [1.29, 1.82) is 0 Å². The van der Waals surface area contributed by atoms with Crippen molar-refractivity contribution in [1.82, 2.24) is 5.32 Å². The molecule has 9 heteroatoms. The molecule has 0 aromatic carbocycles. The number of quaternary nitrogens is 1. The number of hydrogen-bond donors (Lipinski definition) is 3. The second-order valence-corrected chi connectivity index (χ2v) is 20.0. The Bertz CT molecular complexity index is 1020. The minimum atomic E-state index is -4.34.